The maximum atomic E-state index is 11.8. The van der Waals surface area contributed by atoms with Crippen molar-refractivity contribution in [2.45, 2.75) is 20.3 Å². The number of carbonyl (C=O) groups is 1. The van der Waals surface area contributed by atoms with E-state index in [0.717, 1.165) is 11.5 Å². The molecule has 3 N–H and O–H groups in total. The fourth-order valence-electron chi connectivity index (χ4n) is 1.41. The maximum Gasteiger partial charge on any atom is 0.225 e. The number of thioether (sulfide) groups is 1. The highest BCUT2D eigenvalue weighted by molar-refractivity contribution is 7.99. The molecule has 6 heteroatoms. The number of nitrogens with one attached hydrogen (secondary N) is 1. The summed E-state index contributed by atoms with van der Waals surface area (Å²) in [5.74, 6) is 2.38. The molecule has 19 heavy (non-hydrogen) atoms. The second-order valence-corrected chi connectivity index (χ2v) is 6.61. The number of nitrogen functional groups attached to an aromatic ring is 1. The first-order valence-electron chi connectivity index (χ1n) is 6.02. The monoisotopic (exact) mass is 320 g/mol. The molecule has 0 unspecified atom stereocenters. The van der Waals surface area contributed by atoms with Crippen LogP contribution >= 0.6 is 35.0 Å². The Kier molecular flexibility index (Phi) is 6.83. The fourth-order valence-corrected chi connectivity index (χ4v) is 2.94. The highest BCUT2D eigenvalue weighted by Crippen LogP contribution is 2.32. The number of carbonyl (C=O) groups excluding carboxylic acids is 1. The molecule has 1 aromatic carbocycles. The van der Waals surface area contributed by atoms with Gasteiger partial charge in [0, 0.05) is 17.2 Å². The van der Waals surface area contributed by atoms with Crippen LogP contribution in [0.5, 0.6) is 0 Å². The Balaban J connectivity index is 2.49. The number of rotatable bonds is 6. The van der Waals surface area contributed by atoms with Gasteiger partial charge >= 0.3 is 0 Å². The fraction of sp³-hybridized carbons (Fsp3) is 0.462. The standard InChI is InChI=1S/C13H18Cl2N2OS/c1-8(2)7-19-4-3-12(18)17-13-10(15)5-9(14)6-11(13)16/h5-6,8H,3-4,7,16H2,1-2H3,(H,17,18). The van der Waals surface area contributed by atoms with Crippen LogP contribution in [0.15, 0.2) is 12.1 Å². The second kappa shape index (κ2) is 7.88. The molecule has 0 aliphatic carbocycles. The Morgan fingerprint density at radius 1 is 1.42 bits per heavy atom. The summed E-state index contributed by atoms with van der Waals surface area (Å²) in [5.41, 5.74) is 6.59. The van der Waals surface area contributed by atoms with Crippen molar-refractivity contribution in [3.05, 3.63) is 22.2 Å². The van der Waals surface area contributed by atoms with E-state index >= 15 is 0 Å². The smallest absolute Gasteiger partial charge is 0.225 e. The quantitative estimate of drug-likeness (QED) is 0.607. The molecule has 0 bridgehead atoms. The topological polar surface area (TPSA) is 55.1 Å². The van der Waals surface area contributed by atoms with E-state index in [9.17, 15) is 4.79 Å². The van der Waals surface area contributed by atoms with Crippen molar-refractivity contribution in [3.8, 4) is 0 Å². The third-order valence-electron chi connectivity index (χ3n) is 2.27. The van der Waals surface area contributed by atoms with E-state index in [0.29, 0.717) is 33.8 Å². The van der Waals surface area contributed by atoms with Gasteiger partial charge in [-0.3, -0.25) is 4.79 Å². The van der Waals surface area contributed by atoms with Crippen LogP contribution in [0, 0.1) is 5.92 Å². The molecule has 0 spiro atoms. The van der Waals surface area contributed by atoms with Crippen molar-refractivity contribution in [1.82, 2.24) is 0 Å². The van der Waals surface area contributed by atoms with Gasteiger partial charge in [-0.25, -0.2) is 0 Å². The third-order valence-corrected chi connectivity index (χ3v) is 4.19. The summed E-state index contributed by atoms with van der Waals surface area (Å²) >= 11 is 13.6. The van der Waals surface area contributed by atoms with Crippen LogP contribution in [0.4, 0.5) is 11.4 Å². The molecule has 0 fully saturated rings. The molecule has 0 aliphatic rings. The van der Waals surface area contributed by atoms with Gasteiger partial charge in [0.1, 0.15) is 0 Å². The van der Waals surface area contributed by atoms with Crippen molar-refractivity contribution in [2.75, 3.05) is 22.6 Å². The predicted molar refractivity (Wildman–Crippen MR) is 86.3 cm³/mol. The summed E-state index contributed by atoms with van der Waals surface area (Å²) in [4.78, 5) is 11.8. The molecule has 1 amide bonds. The van der Waals surface area contributed by atoms with E-state index in [1.54, 1.807) is 23.9 Å². The maximum absolute atomic E-state index is 11.8. The lowest BCUT2D eigenvalue weighted by Gasteiger charge is -2.11. The van der Waals surface area contributed by atoms with E-state index in [1.165, 1.54) is 0 Å². The third kappa shape index (κ3) is 5.93. The number of hydrogen-bond donors (Lipinski definition) is 2. The highest BCUT2D eigenvalue weighted by atomic mass is 35.5. The summed E-state index contributed by atoms with van der Waals surface area (Å²) in [6, 6.07) is 3.12. The molecule has 0 saturated carbocycles. The molecule has 0 saturated heterocycles. The molecule has 3 nitrogen and oxygen atoms in total. The van der Waals surface area contributed by atoms with Crippen molar-refractivity contribution in [2.24, 2.45) is 5.92 Å². The minimum absolute atomic E-state index is 0.0906. The molecule has 0 atom stereocenters. The minimum Gasteiger partial charge on any atom is -0.397 e. The molecule has 1 rings (SSSR count). The SMILES string of the molecule is CC(C)CSCCC(=O)Nc1c(N)cc(Cl)cc1Cl. The van der Waals surface area contributed by atoms with Gasteiger partial charge in [-0.05, 0) is 23.8 Å². The van der Waals surface area contributed by atoms with Gasteiger partial charge in [-0.1, -0.05) is 37.0 Å². The van der Waals surface area contributed by atoms with Crippen LogP contribution in [0.3, 0.4) is 0 Å². The van der Waals surface area contributed by atoms with Crippen molar-refractivity contribution in [3.63, 3.8) is 0 Å². The van der Waals surface area contributed by atoms with Gasteiger partial charge in [0.05, 0.1) is 16.4 Å². The Hall–Kier alpha value is -0.580. The number of anilines is 2. The summed E-state index contributed by atoms with van der Waals surface area (Å²) < 4.78 is 0. The summed E-state index contributed by atoms with van der Waals surface area (Å²) in [6.07, 6.45) is 0.440. The number of nitrogens with two attached hydrogens (primary N) is 1. The van der Waals surface area contributed by atoms with Gasteiger partial charge in [-0.15, -0.1) is 0 Å². The summed E-state index contributed by atoms with van der Waals surface area (Å²) in [5, 5.41) is 3.53. The molecule has 0 aliphatic heterocycles. The zero-order valence-corrected chi connectivity index (χ0v) is 13.3. The van der Waals surface area contributed by atoms with Crippen LogP contribution in [-0.2, 0) is 4.79 Å². The van der Waals surface area contributed by atoms with Gasteiger partial charge in [0.2, 0.25) is 5.91 Å². The van der Waals surface area contributed by atoms with Crippen LogP contribution in [-0.4, -0.2) is 17.4 Å². The molecule has 0 radical (unpaired) electrons. The normalized spacial score (nSPS) is 10.8. The van der Waals surface area contributed by atoms with E-state index in [2.05, 4.69) is 19.2 Å². The zero-order chi connectivity index (χ0) is 14.4. The minimum atomic E-state index is -0.0906. The lowest BCUT2D eigenvalue weighted by atomic mass is 10.2. The molecular weight excluding hydrogens is 303 g/mol. The highest BCUT2D eigenvalue weighted by Gasteiger charge is 2.10. The first-order valence-corrected chi connectivity index (χ1v) is 7.93. The van der Waals surface area contributed by atoms with Crippen LogP contribution < -0.4 is 11.1 Å². The molecule has 0 aromatic heterocycles. The van der Waals surface area contributed by atoms with E-state index < -0.39 is 0 Å². The van der Waals surface area contributed by atoms with E-state index in [4.69, 9.17) is 28.9 Å². The van der Waals surface area contributed by atoms with Crippen LogP contribution in [0.2, 0.25) is 10.0 Å². The van der Waals surface area contributed by atoms with E-state index in [1.807, 2.05) is 0 Å². The number of amides is 1. The second-order valence-electron chi connectivity index (χ2n) is 4.62. The largest absolute Gasteiger partial charge is 0.397 e. The van der Waals surface area contributed by atoms with E-state index in [-0.39, 0.29) is 5.91 Å². The van der Waals surface area contributed by atoms with Gasteiger partial charge in [0.25, 0.3) is 0 Å². The molecule has 106 valence electrons. The van der Waals surface area contributed by atoms with Crippen LogP contribution in [0.25, 0.3) is 0 Å². The zero-order valence-electron chi connectivity index (χ0n) is 11.0. The first kappa shape index (κ1) is 16.5. The number of benzene rings is 1. The number of halogens is 2. The average Bonchev–Trinajstić information content (AvgIpc) is 2.29. The lowest BCUT2D eigenvalue weighted by molar-refractivity contribution is -0.115. The summed E-state index contributed by atoms with van der Waals surface area (Å²) in [6.45, 7) is 4.31. The Morgan fingerprint density at radius 3 is 2.68 bits per heavy atom. The molecular formula is C13H18Cl2N2OS. The first-order chi connectivity index (χ1) is 8.90. The number of hydrogen-bond acceptors (Lipinski definition) is 3. The van der Waals surface area contributed by atoms with Gasteiger partial charge in [0.15, 0.2) is 0 Å². The molecule has 0 heterocycles. The predicted octanol–water partition coefficient (Wildman–Crippen LogP) is 4.29. The van der Waals surface area contributed by atoms with Crippen LogP contribution in [0.1, 0.15) is 20.3 Å². The Bertz CT molecular complexity index is 429. The Labute approximate surface area is 128 Å². The summed E-state index contributed by atoms with van der Waals surface area (Å²) in [7, 11) is 0. The lowest BCUT2D eigenvalue weighted by Crippen LogP contribution is -2.14. The Morgan fingerprint density at radius 2 is 2.11 bits per heavy atom. The van der Waals surface area contributed by atoms with Crippen molar-refractivity contribution < 1.29 is 4.79 Å². The van der Waals surface area contributed by atoms with Gasteiger partial charge < -0.3 is 11.1 Å². The van der Waals surface area contributed by atoms with Crippen molar-refractivity contribution >= 4 is 52.2 Å². The molecule has 1 aromatic rings. The average molecular weight is 321 g/mol. The van der Waals surface area contributed by atoms with Gasteiger partial charge in [-0.2, -0.15) is 11.8 Å². The van der Waals surface area contributed by atoms with Crippen molar-refractivity contribution in [1.29, 1.82) is 0 Å².